The molecule has 4 nitrogen and oxygen atoms in total. The Morgan fingerprint density at radius 1 is 1.04 bits per heavy atom. The van der Waals surface area contributed by atoms with Crippen molar-refractivity contribution in [3.63, 3.8) is 0 Å². The average molecular weight is 404 g/mol. The lowest BCUT2D eigenvalue weighted by atomic mass is 10.2. The van der Waals surface area contributed by atoms with Crippen molar-refractivity contribution in [1.29, 1.82) is 0 Å². The summed E-state index contributed by atoms with van der Waals surface area (Å²) in [5, 5.41) is 9.69. The minimum atomic E-state index is 0.830. The van der Waals surface area contributed by atoms with Crippen LogP contribution in [0.2, 0.25) is 0 Å². The second-order valence-electron chi connectivity index (χ2n) is 5.19. The molecule has 2 aromatic carbocycles. The third kappa shape index (κ3) is 3.82. The Morgan fingerprint density at radius 2 is 1.75 bits per heavy atom. The lowest BCUT2D eigenvalue weighted by Crippen LogP contribution is -2.00. The van der Waals surface area contributed by atoms with E-state index in [4.69, 9.17) is 4.74 Å². The van der Waals surface area contributed by atoms with E-state index < -0.39 is 0 Å². The molecule has 0 saturated heterocycles. The van der Waals surface area contributed by atoms with E-state index in [-0.39, 0.29) is 0 Å². The standard InChI is InChI=1S/C18H18BrN3OS/c1-3-22-17(14-6-10-16(23-2)11-7-14)20-21-18(22)24-12-13-4-8-15(19)9-5-13/h4-11H,3,12H2,1-2H3. The summed E-state index contributed by atoms with van der Waals surface area (Å²) in [5.41, 5.74) is 2.31. The first-order chi connectivity index (χ1) is 11.7. The number of benzene rings is 2. The Bertz CT molecular complexity index is 800. The van der Waals surface area contributed by atoms with Crippen molar-refractivity contribution in [1.82, 2.24) is 14.8 Å². The van der Waals surface area contributed by atoms with E-state index in [9.17, 15) is 0 Å². The SMILES string of the molecule is CCn1c(SCc2ccc(Br)cc2)nnc1-c1ccc(OC)cc1. The summed E-state index contributed by atoms with van der Waals surface area (Å²) in [7, 11) is 1.67. The van der Waals surface area contributed by atoms with E-state index in [0.717, 1.165) is 39.1 Å². The monoisotopic (exact) mass is 403 g/mol. The third-order valence-electron chi connectivity index (χ3n) is 3.66. The van der Waals surface area contributed by atoms with Gasteiger partial charge in [-0.15, -0.1) is 10.2 Å². The third-order valence-corrected chi connectivity index (χ3v) is 5.23. The van der Waals surface area contributed by atoms with Crippen LogP contribution in [0.1, 0.15) is 12.5 Å². The van der Waals surface area contributed by atoms with Gasteiger partial charge in [0.1, 0.15) is 5.75 Å². The minimum Gasteiger partial charge on any atom is -0.497 e. The number of halogens is 1. The molecule has 0 atom stereocenters. The normalized spacial score (nSPS) is 10.8. The summed E-state index contributed by atoms with van der Waals surface area (Å²) < 4.78 is 8.45. The molecule has 1 aromatic heterocycles. The van der Waals surface area contributed by atoms with Gasteiger partial charge in [0, 0.05) is 22.3 Å². The smallest absolute Gasteiger partial charge is 0.191 e. The van der Waals surface area contributed by atoms with E-state index in [2.05, 4.69) is 61.9 Å². The largest absolute Gasteiger partial charge is 0.497 e. The molecule has 0 aliphatic rings. The predicted octanol–water partition coefficient (Wildman–Crippen LogP) is 5.03. The highest BCUT2D eigenvalue weighted by Gasteiger charge is 2.13. The van der Waals surface area contributed by atoms with Gasteiger partial charge in [0.15, 0.2) is 11.0 Å². The molecule has 124 valence electrons. The summed E-state index contributed by atoms with van der Waals surface area (Å²) in [6.07, 6.45) is 0. The zero-order valence-electron chi connectivity index (χ0n) is 13.6. The van der Waals surface area contributed by atoms with Crippen molar-refractivity contribution in [2.24, 2.45) is 0 Å². The molecule has 0 aliphatic carbocycles. The molecule has 0 saturated carbocycles. The Labute approximate surface area is 154 Å². The zero-order chi connectivity index (χ0) is 16.9. The molecular weight excluding hydrogens is 386 g/mol. The van der Waals surface area contributed by atoms with Crippen molar-refractivity contribution in [2.45, 2.75) is 24.4 Å². The Balaban J connectivity index is 1.79. The molecule has 0 amide bonds. The van der Waals surface area contributed by atoms with Gasteiger partial charge in [0.05, 0.1) is 7.11 Å². The number of rotatable bonds is 6. The van der Waals surface area contributed by atoms with E-state index in [1.165, 1.54) is 5.56 Å². The molecule has 0 spiro atoms. The maximum atomic E-state index is 5.21. The van der Waals surface area contributed by atoms with Crippen molar-refractivity contribution in [3.8, 4) is 17.1 Å². The van der Waals surface area contributed by atoms with Gasteiger partial charge in [-0.1, -0.05) is 39.8 Å². The van der Waals surface area contributed by atoms with Crippen LogP contribution >= 0.6 is 27.7 Å². The molecule has 6 heteroatoms. The fraction of sp³-hybridized carbons (Fsp3) is 0.222. The summed E-state index contributed by atoms with van der Waals surface area (Å²) in [5.74, 6) is 2.60. The second-order valence-corrected chi connectivity index (χ2v) is 7.05. The number of hydrogen-bond acceptors (Lipinski definition) is 4. The number of thioether (sulfide) groups is 1. The van der Waals surface area contributed by atoms with Gasteiger partial charge >= 0.3 is 0 Å². The summed E-state index contributed by atoms with van der Waals surface area (Å²) in [6.45, 7) is 2.94. The molecule has 3 rings (SSSR count). The lowest BCUT2D eigenvalue weighted by Gasteiger charge is -2.08. The van der Waals surface area contributed by atoms with E-state index in [1.807, 2.05) is 24.3 Å². The van der Waals surface area contributed by atoms with Crippen LogP contribution in [-0.2, 0) is 12.3 Å². The van der Waals surface area contributed by atoms with Crippen LogP contribution in [0.3, 0.4) is 0 Å². The van der Waals surface area contributed by atoms with Crippen LogP contribution in [0.15, 0.2) is 58.2 Å². The molecular formula is C18H18BrN3OS. The zero-order valence-corrected chi connectivity index (χ0v) is 16.0. The van der Waals surface area contributed by atoms with Crippen molar-refractivity contribution < 1.29 is 4.74 Å². The van der Waals surface area contributed by atoms with E-state index in [1.54, 1.807) is 18.9 Å². The Morgan fingerprint density at radius 3 is 2.38 bits per heavy atom. The molecule has 0 bridgehead atoms. The van der Waals surface area contributed by atoms with Crippen molar-refractivity contribution >= 4 is 27.7 Å². The highest BCUT2D eigenvalue weighted by atomic mass is 79.9. The van der Waals surface area contributed by atoms with Gasteiger partial charge < -0.3 is 9.30 Å². The molecule has 3 aromatic rings. The maximum absolute atomic E-state index is 5.21. The highest BCUT2D eigenvalue weighted by Crippen LogP contribution is 2.27. The van der Waals surface area contributed by atoms with Crippen molar-refractivity contribution in [2.75, 3.05) is 7.11 Å². The molecule has 24 heavy (non-hydrogen) atoms. The number of nitrogens with zero attached hydrogens (tertiary/aromatic N) is 3. The van der Waals surface area contributed by atoms with Crippen molar-refractivity contribution in [3.05, 3.63) is 58.6 Å². The van der Waals surface area contributed by atoms with Crippen LogP contribution in [-0.4, -0.2) is 21.9 Å². The van der Waals surface area contributed by atoms with Crippen LogP contribution < -0.4 is 4.74 Å². The maximum Gasteiger partial charge on any atom is 0.191 e. The lowest BCUT2D eigenvalue weighted by molar-refractivity contribution is 0.415. The number of hydrogen-bond donors (Lipinski definition) is 0. The van der Waals surface area contributed by atoms with Gasteiger partial charge in [0.2, 0.25) is 0 Å². The number of ether oxygens (including phenoxy) is 1. The van der Waals surface area contributed by atoms with Gasteiger partial charge in [-0.2, -0.15) is 0 Å². The summed E-state index contributed by atoms with van der Waals surface area (Å²) in [6, 6.07) is 16.3. The average Bonchev–Trinajstić information content (AvgIpc) is 3.04. The first kappa shape index (κ1) is 17.0. The highest BCUT2D eigenvalue weighted by molar-refractivity contribution is 9.10. The predicted molar refractivity (Wildman–Crippen MR) is 101 cm³/mol. The van der Waals surface area contributed by atoms with Crippen LogP contribution in [0, 0.1) is 0 Å². The molecule has 1 heterocycles. The minimum absolute atomic E-state index is 0.830. The van der Waals surface area contributed by atoms with Gasteiger partial charge in [-0.3, -0.25) is 0 Å². The van der Waals surface area contributed by atoms with Crippen LogP contribution in [0.5, 0.6) is 5.75 Å². The van der Waals surface area contributed by atoms with Gasteiger partial charge in [0.25, 0.3) is 0 Å². The first-order valence-electron chi connectivity index (χ1n) is 7.66. The first-order valence-corrected chi connectivity index (χ1v) is 9.44. The number of aromatic nitrogens is 3. The van der Waals surface area contributed by atoms with Gasteiger partial charge in [-0.25, -0.2) is 0 Å². The molecule has 0 aliphatic heterocycles. The molecule has 0 unspecified atom stereocenters. The quantitative estimate of drug-likeness (QED) is 0.541. The molecule has 0 radical (unpaired) electrons. The Hall–Kier alpha value is -1.79. The Kier molecular flexibility index (Phi) is 5.58. The van der Waals surface area contributed by atoms with E-state index >= 15 is 0 Å². The summed E-state index contributed by atoms with van der Waals surface area (Å²) in [4.78, 5) is 0. The molecule has 0 fully saturated rings. The number of methoxy groups -OCH3 is 1. The fourth-order valence-corrected chi connectivity index (χ4v) is 3.59. The fourth-order valence-electron chi connectivity index (χ4n) is 2.36. The van der Waals surface area contributed by atoms with Gasteiger partial charge in [-0.05, 0) is 48.9 Å². The van der Waals surface area contributed by atoms with Crippen LogP contribution in [0.25, 0.3) is 11.4 Å². The van der Waals surface area contributed by atoms with Crippen LogP contribution in [0.4, 0.5) is 0 Å². The molecule has 0 N–H and O–H groups in total. The summed E-state index contributed by atoms with van der Waals surface area (Å²) >= 11 is 5.16. The topological polar surface area (TPSA) is 39.9 Å². The van der Waals surface area contributed by atoms with E-state index in [0.29, 0.717) is 0 Å². The second kappa shape index (κ2) is 7.85.